The zero-order valence-electron chi connectivity index (χ0n) is 9.60. The van der Waals surface area contributed by atoms with Crippen molar-refractivity contribution in [2.45, 2.75) is 18.9 Å². The summed E-state index contributed by atoms with van der Waals surface area (Å²) < 4.78 is 0. The van der Waals surface area contributed by atoms with Crippen molar-refractivity contribution in [1.82, 2.24) is 4.90 Å². The number of hydrogen-bond donors (Lipinski definition) is 0. The summed E-state index contributed by atoms with van der Waals surface area (Å²) in [5.74, 6) is 0.243. The molecule has 2 rings (SSSR count). The van der Waals surface area contributed by atoms with Crippen molar-refractivity contribution in [3.63, 3.8) is 0 Å². The molecule has 0 fully saturated rings. The predicted molar refractivity (Wildman–Crippen MR) is 65.6 cm³/mol. The first kappa shape index (κ1) is 11.1. The van der Waals surface area contributed by atoms with Crippen LogP contribution in [0.25, 0.3) is 0 Å². The summed E-state index contributed by atoms with van der Waals surface area (Å²) in [5.41, 5.74) is 0.824. The molecule has 2 heteroatoms. The minimum absolute atomic E-state index is 0.243. The Labute approximate surface area is 96.6 Å². The Morgan fingerprint density at radius 1 is 1.31 bits per heavy atom. The normalized spacial score (nSPS) is 20.9. The van der Waals surface area contributed by atoms with Crippen LogP contribution in [-0.2, 0) is 0 Å². The fourth-order valence-electron chi connectivity index (χ4n) is 2.02. The highest BCUT2D eigenvalue weighted by atomic mass is 16.1. The Hall–Kier alpha value is -1.41. The second-order valence-corrected chi connectivity index (χ2v) is 4.29. The molecule has 1 heterocycles. The molecule has 16 heavy (non-hydrogen) atoms. The first-order valence-electron chi connectivity index (χ1n) is 5.71. The molecule has 1 aromatic rings. The number of carbonyl (C=O) groups excluding carboxylic acids is 1. The molecule has 1 aliphatic heterocycles. The van der Waals surface area contributed by atoms with Crippen LogP contribution in [0.15, 0.2) is 42.5 Å². The van der Waals surface area contributed by atoms with Gasteiger partial charge in [-0.1, -0.05) is 42.5 Å². The van der Waals surface area contributed by atoms with E-state index < -0.39 is 0 Å². The molecule has 0 amide bonds. The molecule has 1 aromatic carbocycles. The molecule has 0 spiro atoms. The lowest BCUT2D eigenvalue weighted by molar-refractivity contribution is 0.0937. The Kier molecular flexibility index (Phi) is 3.52. The van der Waals surface area contributed by atoms with E-state index in [-0.39, 0.29) is 5.78 Å². The summed E-state index contributed by atoms with van der Waals surface area (Å²) >= 11 is 0. The van der Waals surface area contributed by atoms with Gasteiger partial charge < -0.3 is 0 Å². The molecule has 0 N–H and O–H groups in total. The van der Waals surface area contributed by atoms with Gasteiger partial charge in [-0.05, 0) is 13.5 Å². The third kappa shape index (κ3) is 2.58. The van der Waals surface area contributed by atoms with E-state index in [4.69, 9.17) is 0 Å². The van der Waals surface area contributed by atoms with Crippen LogP contribution in [0.1, 0.15) is 23.2 Å². The topological polar surface area (TPSA) is 20.3 Å². The molecule has 0 radical (unpaired) electrons. The maximum Gasteiger partial charge on any atom is 0.164 e. The van der Waals surface area contributed by atoms with Gasteiger partial charge in [-0.3, -0.25) is 9.69 Å². The van der Waals surface area contributed by atoms with E-state index in [0.29, 0.717) is 12.5 Å². The third-order valence-electron chi connectivity index (χ3n) is 3.11. The van der Waals surface area contributed by atoms with Crippen LogP contribution in [-0.4, -0.2) is 30.3 Å². The molecule has 2 nitrogen and oxygen atoms in total. The molecule has 1 atom stereocenters. The standard InChI is InChI=1S/C14H17NO/c1-15-10-6-5-9-13(15)11-14(16)12-7-3-2-4-8-12/h2-8,13H,9-11H2,1H3/t13-/m0/s1. The van der Waals surface area contributed by atoms with Gasteiger partial charge in [-0.2, -0.15) is 0 Å². The number of hydrogen-bond acceptors (Lipinski definition) is 2. The van der Waals surface area contributed by atoms with Crippen molar-refractivity contribution >= 4 is 5.78 Å². The minimum Gasteiger partial charge on any atom is -0.299 e. The molecule has 84 valence electrons. The number of likely N-dealkylation sites (N-methyl/N-ethyl adjacent to an activating group) is 1. The summed E-state index contributed by atoms with van der Waals surface area (Å²) in [7, 11) is 2.08. The van der Waals surface area contributed by atoms with Gasteiger partial charge in [0.15, 0.2) is 5.78 Å². The molecule has 0 aliphatic carbocycles. The lowest BCUT2D eigenvalue weighted by Gasteiger charge is -2.28. The second-order valence-electron chi connectivity index (χ2n) is 4.29. The molecule has 0 aromatic heterocycles. The van der Waals surface area contributed by atoms with Crippen LogP contribution in [0.4, 0.5) is 0 Å². The smallest absolute Gasteiger partial charge is 0.164 e. The summed E-state index contributed by atoms with van der Waals surface area (Å²) in [6.07, 6.45) is 5.92. The molecule has 0 saturated heterocycles. The van der Waals surface area contributed by atoms with Crippen molar-refractivity contribution in [3.05, 3.63) is 48.0 Å². The molecule has 0 saturated carbocycles. The van der Waals surface area contributed by atoms with E-state index >= 15 is 0 Å². The zero-order valence-corrected chi connectivity index (χ0v) is 9.60. The van der Waals surface area contributed by atoms with Crippen molar-refractivity contribution in [3.8, 4) is 0 Å². The lowest BCUT2D eigenvalue weighted by atomic mass is 9.99. The molecular weight excluding hydrogens is 198 g/mol. The van der Waals surface area contributed by atoms with Crippen LogP contribution in [0.2, 0.25) is 0 Å². The summed E-state index contributed by atoms with van der Waals surface area (Å²) in [6, 6.07) is 9.90. The van der Waals surface area contributed by atoms with Crippen LogP contribution in [0.5, 0.6) is 0 Å². The Morgan fingerprint density at radius 3 is 2.75 bits per heavy atom. The molecule has 0 bridgehead atoms. The third-order valence-corrected chi connectivity index (χ3v) is 3.11. The van der Waals surface area contributed by atoms with Crippen molar-refractivity contribution in [2.24, 2.45) is 0 Å². The van der Waals surface area contributed by atoms with Gasteiger partial charge in [0, 0.05) is 24.6 Å². The van der Waals surface area contributed by atoms with Crippen LogP contribution in [0.3, 0.4) is 0 Å². The van der Waals surface area contributed by atoms with Crippen molar-refractivity contribution in [2.75, 3.05) is 13.6 Å². The van der Waals surface area contributed by atoms with Crippen LogP contribution in [0, 0.1) is 0 Å². The first-order chi connectivity index (χ1) is 7.77. The average molecular weight is 215 g/mol. The van der Waals surface area contributed by atoms with Gasteiger partial charge in [0.25, 0.3) is 0 Å². The van der Waals surface area contributed by atoms with E-state index in [1.54, 1.807) is 0 Å². The summed E-state index contributed by atoms with van der Waals surface area (Å²) in [4.78, 5) is 14.2. The quantitative estimate of drug-likeness (QED) is 0.570. The monoisotopic (exact) mass is 215 g/mol. The Morgan fingerprint density at radius 2 is 2.06 bits per heavy atom. The maximum absolute atomic E-state index is 12.0. The van der Waals surface area contributed by atoms with E-state index in [1.165, 1.54) is 0 Å². The summed E-state index contributed by atoms with van der Waals surface area (Å²) in [6.45, 7) is 0.951. The number of ketones is 1. The number of benzene rings is 1. The van der Waals surface area contributed by atoms with Gasteiger partial charge in [-0.25, -0.2) is 0 Å². The maximum atomic E-state index is 12.0. The highest BCUT2D eigenvalue weighted by Crippen LogP contribution is 2.15. The van der Waals surface area contributed by atoms with Gasteiger partial charge >= 0.3 is 0 Å². The minimum atomic E-state index is 0.243. The van der Waals surface area contributed by atoms with Gasteiger partial charge in [0.05, 0.1) is 0 Å². The van der Waals surface area contributed by atoms with Gasteiger partial charge in [-0.15, -0.1) is 0 Å². The van der Waals surface area contributed by atoms with E-state index in [1.807, 2.05) is 30.3 Å². The van der Waals surface area contributed by atoms with Crippen molar-refractivity contribution < 1.29 is 4.79 Å². The fraction of sp³-hybridized carbons (Fsp3) is 0.357. The van der Waals surface area contributed by atoms with Crippen LogP contribution < -0.4 is 0 Å². The van der Waals surface area contributed by atoms with E-state index in [2.05, 4.69) is 24.1 Å². The molecular formula is C14H17NO. The highest BCUT2D eigenvalue weighted by Gasteiger charge is 2.19. The lowest BCUT2D eigenvalue weighted by Crippen LogP contribution is -2.35. The predicted octanol–water partition coefficient (Wildman–Crippen LogP) is 2.52. The summed E-state index contributed by atoms with van der Waals surface area (Å²) in [5, 5.41) is 0. The van der Waals surface area contributed by atoms with Crippen LogP contribution >= 0.6 is 0 Å². The second kappa shape index (κ2) is 5.08. The SMILES string of the molecule is CN1CC=CC[C@H]1CC(=O)c1ccccc1. The Balaban J connectivity index is 2.00. The number of Topliss-reactive ketones (excluding diaryl/α,β-unsaturated/α-hetero) is 1. The zero-order chi connectivity index (χ0) is 11.4. The first-order valence-corrected chi connectivity index (χ1v) is 5.71. The average Bonchev–Trinajstić information content (AvgIpc) is 2.33. The Bertz CT molecular complexity index is 383. The number of rotatable bonds is 3. The highest BCUT2D eigenvalue weighted by molar-refractivity contribution is 5.96. The van der Waals surface area contributed by atoms with E-state index in [0.717, 1.165) is 18.5 Å². The van der Waals surface area contributed by atoms with Gasteiger partial charge in [0.2, 0.25) is 0 Å². The number of carbonyl (C=O) groups is 1. The largest absolute Gasteiger partial charge is 0.299 e. The van der Waals surface area contributed by atoms with E-state index in [9.17, 15) is 4.79 Å². The van der Waals surface area contributed by atoms with Gasteiger partial charge in [0.1, 0.15) is 0 Å². The van der Waals surface area contributed by atoms with Crippen molar-refractivity contribution in [1.29, 1.82) is 0 Å². The molecule has 0 unspecified atom stereocenters. The number of nitrogens with zero attached hydrogens (tertiary/aromatic N) is 1. The molecule has 1 aliphatic rings. The fourth-order valence-corrected chi connectivity index (χ4v) is 2.02.